The Morgan fingerprint density at radius 2 is 1.83 bits per heavy atom. The van der Waals surface area contributed by atoms with E-state index in [1.165, 1.54) is 6.07 Å². The van der Waals surface area contributed by atoms with Crippen LogP contribution in [0.3, 0.4) is 0 Å². The van der Waals surface area contributed by atoms with Crippen molar-refractivity contribution in [3.63, 3.8) is 0 Å². The smallest absolute Gasteiger partial charge is 0.127 e. The predicted molar refractivity (Wildman–Crippen MR) is 74.3 cm³/mol. The van der Waals surface area contributed by atoms with Crippen molar-refractivity contribution < 1.29 is 4.39 Å². The highest BCUT2D eigenvalue weighted by Gasteiger charge is 2.11. The summed E-state index contributed by atoms with van der Waals surface area (Å²) >= 11 is 1.57. The van der Waals surface area contributed by atoms with Crippen LogP contribution in [0.4, 0.5) is 4.39 Å². The van der Waals surface area contributed by atoms with E-state index in [9.17, 15) is 4.39 Å². The first kappa shape index (κ1) is 13.1. The molecule has 0 aliphatic rings. The van der Waals surface area contributed by atoms with Gasteiger partial charge in [-0.1, -0.05) is 36.0 Å². The van der Waals surface area contributed by atoms with Gasteiger partial charge in [0.25, 0.3) is 0 Å². The first-order valence-electron chi connectivity index (χ1n) is 5.92. The van der Waals surface area contributed by atoms with Crippen LogP contribution in [0.2, 0.25) is 0 Å². The lowest BCUT2D eigenvalue weighted by Gasteiger charge is -2.12. The van der Waals surface area contributed by atoms with Crippen LogP contribution in [-0.4, -0.2) is 6.04 Å². The van der Waals surface area contributed by atoms with Crippen molar-refractivity contribution in [2.75, 3.05) is 0 Å². The van der Waals surface area contributed by atoms with E-state index in [2.05, 4.69) is 0 Å². The minimum absolute atomic E-state index is 0.0444. The van der Waals surface area contributed by atoms with Crippen LogP contribution >= 0.6 is 11.8 Å². The molecule has 0 bridgehead atoms. The number of hydrogen-bond donors (Lipinski definition) is 1. The summed E-state index contributed by atoms with van der Waals surface area (Å²) in [4.78, 5) is 2.05. The standard InChI is InChI=1S/C15H16FNS/c1-11(17)10-13-14(16)8-5-9-15(13)18-12-6-3-2-4-7-12/h2-9,11H,10,17H2,1H3. The van der Waals surface area contributed by atoms with E-state index in [4.69, 9.17) is 5.73 Å². The topological polar surface area (TPSA) is 26.0 Å². The molecule has 0 saturated heterocycles. The summed E-state index contributed by atoms with van der Waals surface area (Å²) in [5, 5.41) is 0. The van der Waals surface area contributed by atoms with E-state index in [1.54, 1.807) is 17.8 Å². The Morgan fingerprint density at radius 1 is 1.11 bits per heavy atom. The Bertz CT molecular complexity index is 511. The Morgan fingerprint density at radius 3 is 2.50 bits per heavy atom. The molecule has 2 rings (SSSR count). The zero-order chi connectivity index (χ0) is 13.0. The molecule has 2 aromatic carbocycles. The van der Waals surface area contributed by atoms with Crippen LogP contribution in [0, 0.1) is 5.82 Å². The molecule has 0 saturated carbocycles. The van der Waals surface area contributed by atoms with Crippen LogP contribution in [0.5, 0.6) is 0 Å². The van der Waals surface area contributed by atoms with Gasteiger partial charge in [0.15, 0.2) is 0 Å². The Labute approximate surface area is 111 Å². The second-order valence-corrected chi connectivity index (χ2v) is 5.43. The molecule has 0 heterocycles. The Hall–Kier alpha value is -1.32. The third-order valence-corrected chi connectivity index (χ3v) is 3.68. The third-order valence-electron chi connectivity index (χ3n) is 2.57. The molecule has 0 radical (unpaired) electrons. The second-order valence-electron chi connectivity index (χ2n) is 4.31. The molecule has 0 spiro atoms. The number of halogens is 1. The van der Waals surface area contributed by atoms with E-state index < -0.39 is 0 Å². The Kier molecular flexibility index (Phi) is 4.39. The minimum Gasteiger partial charge on any atom is -0.328 e. The molecule has 0 aromatic heterocycles. The lowest BCUT2D eigenvalue weighted by Crippen LogP contribution is -2.19. The maximum Gasteiger partial charge on any atom is 0.127 e. The fraction of sp³-hybridized carbons (Fsp3) is 0.200. The zero-order valence-electron chi connectivity index (χ0n) is 10.3. The van der Waals surface area contributed by atoms with Gasteiger partial charge in [-0.15, -0.1) is 0 Å². The quantitative estimate of drug-likeness (QED) is 0.904. The highest BCUT2D eigenvalue weighted by molar-refractivity contribution is 7.99. The fourth-order valence-corrected chi connectivity index (χ4v) is 2.77. The first-order chi connectivity index (χ1) is 8.66. The van der Waals surface area contributed by atoms with Crippen LogP contribution < -0.4 is 5.73 Å². The SMILES string of the molecule is CC(N)Cc1c(F)cccc1Sc1ccccc1. The van der Waals surface area contributed by atoms with Gasteiger partial charge in [-0.25, -0.2) is 4.39 Å². The highest BCUT2D eigenvalue weighted by Crippen LogP contribution is 2.32. The van der Waals surface area contributed by atoms with Gasteiger partial charge < -0.3 is 5.73 Å². The summed E-state index contributed by atoms with van der Waals surface area (Å²) in [7, 11) is 0. The normalized spacial score (nSPS) is 12.4. The van der Waals surface area contributed by atoms with Gasteiger partial charge in [0.1, 0.15) is 5.82 Å². The van der Waals surface area contributed by atoms with Crippen molar-refractivity contribution in [1.29, 1.82) is 0 Å². The zero-order valence-corrected chi connectivity index (χ0v) is 11.1. The van der Waals surface area contributed by atoms with Gasteiger partial charge in [-0.2, -0.15) is 0 Å². The van der Waals surface area contributed by atoms with Crippen molar-refractivity contribution in [2.45, 2.75) is 29.2 Å². The van der Waals surface area contributed by atoms with Gasteiger partial charge in [-0.05, 0) is 37.6 Å². The molecule has 2 aromatic rings. The number of hydrogen-bond acceptors (Lipinski definition) is 2. The summed E-state index contributed by atoms with van der Waals surface area (Å²) in [5.41, 5.74) is 6.49. The lowest BCUT2D eigenvalue weighted by atomic mass is 10.1. The average Bonchev–Trinajstić information content (AvgIpc) is 2.34. The van der Waals surface area contributed by atoms with Crippen LogP contribution in [0.15, 0.2) is 58.3 Å². The van der Waals surface area contributed by atoms with Crippen molar-refractivity contribution in [3.05, 3.63) is 59.9 Å². The summed E-state index contributed by atoms with van der Waals surface area (Å²) in [6, 6.07) is 15.1. The van der Waals surface area contributed by atoms with Crippen LogP contribution in [-0.2, 0) is 6.42 Å². The van der Waals surface area contributed by atoms with E-state index >= 15 is 0 Å². The molecule has 0 aliphatic heterocycles. The van der Waals surface area contributed by atoms with E-state index in [1.807, 2.05) is 43.3 Å². The van der Waals surface area contributed by atoms with Gasteiger partial charge >= 0.3 is 0 Å². The molecule has 1 nitrogen and oxygen atoms in total. The van der Waals surface area contributed by atoms with Gasteiger partial charge in [-0.3, -0.25) is 0 Å². The van der Waals surface area contributed by atoms with E-state index in [0.29, 0.717) is 12.0 Å². The van der Waals surface area contributed by atoms with E-state index in [0.717, 1.165) is 9.79 Å². The van der Waals surface area contributed by atoms with Crippen LogP contribution in [0.1, 0.15) is 12.5 Å². The molecule has 2 N–H and O–H groups in total. The summed E-state index contributed by atoms with van der Waals surface area (Å²) < 4.78 is 13.8. The average molecular weight is 261 g/mol. The number of nitrogens with two attached hydrogens (primary N) is 1. The van der Waals surface area contributed by atoms with Crippen molar-refractivity contribution >= 4 is 11.8 Å². The van der Waals surface area contributed by atoms with Crippen molar-refractivity contribution in [3.8, 4) is 0 Å². The third kappa shape index (κ3) is 3.34. The van der Waals surface area contributed by atoms with Gasteiger partial charge in [0.05, 0.1) is 0 Å². The number of rotatable bonds is 4. The van der Waals surface area contributed by atoms with Crippen LogP contribution in [0.25, 0.3) is 0 Å². The number of benzene rings is 2. The molecule has 1 unspecified atom stereocenters. The molecule has 0 amide bonds. The molecular formula is C15H16FNS. The molecule has 1 atom stereocenters. The molecule has 0 fully saturated rings. The highest BCUT2D eigenvalue weighted by atomic mass is 32.2. The maximum absolute atomic E-state index is 13.8. The first-order valence-corrected chi connectivity index (χ1v) is 6.74. The van der Waals surface area contributed by atoms with Crippen molar-refractivity contribution in [1.82, 2.24) is 0 Å². The second kappa shape index (κ2) is 6.03. The summed E-state index contributed by atoms with van der Waals surface area (Å²) in [5.74, 6) is -0.173. The maximum atomic E-state index is 13.8. The summed E-state index contributed by atoms with van der Waals surface area (Å²) in [6.07, 6.45) is 0.557. The Balaban J connectivity index is 2.30. The molecule has 18 heavy (non-hydrogen) atoms. The summed E-state index contributed by atoms with van der Waals surface area (Å²) in [6.45, 7) is 1.89. The largest absolute Gasteiger partial charge is 0.328 e. The monoisotopic (exact) mass is 261 g/mol. The molecule has 3 heteroatoms. The van der Waals surface area contributed by atoms with Gasteiger partial charge in [0, 0.05) is 21.4 Å². The fourth-order valence-electron chi connectivity index (χ4n) is 1.77. The predicted octanol–water partition coefficient (Wildman–Crippen LogP) is 3.87. The molecular weight excluding hydrogens is 245 g/mol. The molecule has 0 aliphatic carbocycles. The minimum atomic E-state index is -0.173. The molecule has 94 valence electrons. The van der Waals surface area contributed by atoms with Gasteiger partial charge in [0.2, 0.25) is 0 Å². The van der Waals surface area contributed by atoms with E-state index in [-0.39, 0.29) is 11.9 Å². The lowest BCUT2D eigenvalue weighted by molar-refractivity contribution is 0.588. The van der Waals surface area contributed by atoms with Crippen molar-refractivity contribution in [2.24, 2.45) is 5.73 Å².